The number of para-hydroxylation sites is 1. The van der Waals surface area contributed by atoms with Crippen LogP contribution in [0, 0.1) is 11.8 Å². The second-order valence-electron chi connectivity index (χ2n) is 14.8. The maximum absolute atomic E-state index is 14.3. The van der Waals surface area contributed by atoms with Gasteiger partial charge in [0.2, 0.25) is 23.6 Å². The van der Waals surface area contributed by atoms with Crippen molar-refractivity contribution in [2.24, 2.45) is 11.8 Å². The summed E-state index contributed by atoms with van der Waals surface area (Å²) in [7, 11) is 3.01. The van der Waals surface area contributed by atoms with Gasteiger partial charge in [-0.25, -0.2) is 0 Å². The molecule has 2 aliphatic heterocycles. The number of rotatable bonds is 10. The lowest BCUT2D eigenvalue weighted by Crippen LogP contribution is -2.58. The molecule has 4 atom stereocenters. The third-order valence-corrected chi connectivity index (χ3v) is 9.69. The van der Waals surface area contributed by atoms with Crippen LogP contribution in [-0.2, 0) is 32.0 Å². The molecule has 0 saturated heterocycles. The Morgan fingerprint density at radius 2 is 1.60 bits per heavy atom. The SMILES string of the molecule is COc1ccc(C[C@@H]2NC(=O)[C@@H](NC(=O)c3ccccc3OC)Cc3ccc(cc3)OC[C@H](CC(C)C)NC(=O)CN(CC3CC3)C(=O)[C@@H](C)NC2=O)cc1. The number of amides is 5. The standard InChI is InChI=1S/C42H53N5O8/c1-26(2)20-31-25-55-33-18-14-29(15-19-33)22-36(45-39(49)34-8-6-7-9-37(34)54-5)41(51)46-35(21-28-12-16-32(53-4)17-13-28)40(50)43-27(3)42(52)47(23-30-10-11-30)24-38(48)44-31/h6-9,12-19,26-27,30-31,35-36H,10-11,20-25H2,1-5H3,(H,43,50)(H,44,48)(H,45,49)(H,46,51)/t27-,31+,35+,36+/m1/s1. The van der Waals surface area contributed by atoms with E-state index in [1.165, 1.54) is 12.0 Å². The Bertz CT molecular complexity index is 1790. The van der Waals surface area contributed by atoms with Gasteiger partial charge in [0.05, 0.1) is 32.4 Å². The van der Waals surface area contributed by atoms with Gasteiger partial charge in [0.15, 0.2) is 0 Å². The van der Waals surface area contributed by atoms with E-state index in [4.69, 9.17) is 14.2 Å². The van der Waals surface area contributed by atoms with Gasteiger partial charge in [0, 0.05) is 19.4 Å². The highest BCUT2D eigenvalue weighted by Crippen LogP contribution is 2.30. The van der Waals surface area contributed by atoms with Crippen molar-refractivity contribution in [3.63, 3.8) is 0 Å². The second-order valence-corrected chi connectivity index (χ2v) is 14.8. The molecule has 3 aromatic carbocycles. The summed E-state index contributed by atoms with van der Waals surface area (Å²) in [5.74, 6) is -0.362. The van der Waals surface area contributed by atoms with Crippen molar-refractivity contribution < 1.29 is 38.2 Å². The Hall–Kier alpha value is -5.59. The number of ether oxygens (including phenoxy) is 3. The molecule has 55 heavy (non-hydrogen) atoms. The Morgan fingerprint density at radius 1 is 0.891 bits per heavy atom. The Balaban J connectivity index is 1.49. The van der Waals surface area contributed by atoms with Gasteiger partial charge in [-0.05, 0) is 85.5 Å². The highest BCUT2D eigenvalue weighted by molar-refractivity contribution is 6.00. The first-order valence-corrected chi connectivity index (χ1v) is 18.9. The van der Waals surface area contributed by atoms with Crippen molar-refractivity contribution in [1.29, 1.82) is 0 Å². The minimum absolute atomic E-state index is 0.0765. The highest BCUT2D eigenvalue weighted by atomic mass is 16.5. The summed E-state index contributed by atoms with van der Waals surface area (Å²) in [5, 5.41) is 11.6. The Labute approximate surface area is 322 Å². The average Bonchev–Trinajstić information content (AvgIpc) is 4.00. The number of hydrogen-bond donors (Lipinski definition) is 4. The monoisotopic (exact) mass is 755 g/mol. The van der Waals surface area contributed by atoms with Crippen LogP contribution < -0.4 is 35.5 Å². The number of carbonyl (C=O) groups is 5. The van der Waals surface area contributed by atoms with Crippen LogP contribution in [0.1, 0.15) is 61.5 Å². The number of fused-ring (bicyclic) bond motifs is 17. The molecule has 2 heterocycles. The van der Waals surface area contributed by atoms with Crippen LogP contribution in [0.25, 0.3) is 0 Å². The molecule has 13 heteroatoms. The number of nitrogens with one attached hydrogen (secondary N) is 4. The van der Waals surface area contributed by atoms with Gasteiger partial charge in [-0.15, -0.1) is 0 Å². The molecule has 3 aliphatic rings. The summed E-state index contributed by atoms with van der Waals surface area (Å²) < 4.78 is 16.8. The van der Waals surface area contributed by atoms with E-state index in [2.05, 4.69) is 35.1 Å². The summed E-state index contributed by atoms with van der Waals surface area (Å²) >= 11 is 0. The molecule has 294 valence electrons. The molecular formula is C42H53N5O8. The molecule has 1 saturated carbocycles. The number of carbonyl (C=O) groups excluding carboxylic acids is 5. The third kappa shape index (κ3) is 12.0. The zero-order valence-electron chi connectivity index (χ0n) is 32.3. The van der Waals surface area contributed by atoms with Crippen LogP contribution >= 0.6 is 0 Å². The fourth-order valence-electron chi connectivity index (χ4n) is 6.59. The lowest BCUT2D eigenvalue weighted by atomic mass is 10.0. The molecule has 0 spiro atoms. The first-order valence-electron chi connectivity index (χ1n) is 18.9. The van der Waals surface area contributed by atoms with Crippen molar-refractivity contribution >= 4 is 29.5 Å². The van der Waals surface area contributed by atoms with Gasteiger partial charge in [-0.1, -0.05) is 50.2 Å². The fraction of sp³-hybridized carbons (Fsp3) is 0.452. The number of methoxy groups -OCH3 is 2. The van der Waals surface area contributed by atoms with Gasteiger partial charge in [0.1, 0.15) is 42.0 Å². The number of nitrogens with zero attached hydrogens (tertiary/aromatic N) is 1. The topological polar surface area (TPSA) is 164 Å². The molecular weight excluding hydrogens is 702 g/mol. The molecule has 3 aromatic rings. The predicted octanol–water partition coefficient (Wildman–Crippen LogP) is 3.44. The summed E-state index contributed by atoms with van der Waals surface area (Å²) in [4.78, 5) is 70.8. The molecule has 13 nitrogen and oxygen atoms in total. The van der Waals surface area contributed by atoms with E-state index in [1.54, 1.807) is 74.7 Å². The molecule has 5 amide bonds. The van der Waals surface area contributed by atoms with Crippen LogP contribution in [0.15, 0.2) is 72.8 Å². The lowest BCUT2D eigenvalue weighted by molar-refractivity contribution is -0.140. The van der Waals surface area contributed by atoms with Crippen LogP contribution in [0.3, 0.4) is 0 Å². The predicted molar refractivity (Wildman–Crippen MR) is 207 cm³/mol. The summed E-state index contributed by atoms with van der Waals surface area (Å²) in [5.41, 5.74) is 1.69. The summed E-state index contributed by atoms with van der Waals surface area (Å²) in [6, 6.07) is 17.4. The third-order valence-electron chi connectivity index (χ3n) is 9.69. The van der Waals surface area contributed by atoms with E-state index in [-0.39, 0.29) is 55.3 Å². The average molecular weight is 756 g/mol. The van der Waals surface area contributed by atoms with Gasteiger partial charge >= 0.3 is 0 Å². The van der Waals surface area contributed by atoms with Gasteiger partial charge in [0.25, 0.3) is 5.91 Å². The number of benzene rings is 3. The lowest BCUT2D eigenvalue weighted by Gasteiger charge is -2.29. The molecule has 0 unspecified atom stereocenters. The van der Waals surface area contributed by atoms with E-state index in [9.17, 15) is 24.0 Å². The summed E-state index contributed by atoms with van der Waals surface area (Å²) in [6.07, 6.45) is 2.73. The molecule has 1 fully saturated rings. The Kier molecular flexibility index (Phi) is 14.1. The van der Waals surface area contributed by atoms with E-state index in [0.29, 0.717) is 30.2 Å². The maximum Gasteiger partial charge on any atom is 0.255 e. The van der Waals surface area contributed by atoms with E-state index in [0.717, 1.165) is 24.0 Å². The zero-order valence-corrected chi connectivity index (χ0v) is 32.3. The van der Waals surface area contributed by atoms with Crippen LogP contribution in [0.2, 0.25) is 0 Å². The maximum atomic E-state index is 14.3. The van der Waals surface area contributed by atoms with E-state index >= 15 is 0 Å². The van der Waals surface area contributed by atoms with Gasteiger partial charge in [-0.3, -0.25) is 24.0 Å². The molecule has 1 aliphatic carbocycles. The molecule has 4 N–H and O–H groups in total. The number of hydrogen-bond acceptors (Lipinski definition) is 8. The normalized spacial score (nSPS) is 21.5. The van der Waals surface area contributed by atoms with Gasteiger partial charge in [-0.2, -0.15) is 0 Å². The van der Waals surface area contributed by atoms with Crippen molar-refractivity contribution in [2.75, 3.05) is 33.9 Å². The smallest absolute Gasteiger partial charge is 0.255 e. The van der Waals surface area contributed by atoms with Crippen LogP contribution in [0.4, 0.5) is 0 Å². The zero-order chi connectivity index (χ0) is 39.5. The second kappa shape index (κ2) is 19.1. The van der Waals surface area contributed by atoms with Crippen molar-refractivity contribution in [3.8, 4) is 17.2 Å². The van der Waals surface area contributed by atoms with Crippen LogP contribution in [0.5, 0.6) is 17.2 Å². The first kappa shape index (κ1) is 40.6. The van der Waals surface area contributed by atoms with E-state index < -0.39 is 41.8 Å². The molecule has 0 radical (unpaired) electrons. The Morgan fingerprint density at radius 3 is 2.25 bits per heavy atom. The quantitative estimate of drug-likeness (QED) is 0.229. The van der Waals surface area contributed by atoms with Crippen molar-refractivity contribution in [1.82, 2.24) is 26.2 Å². The highest BCUT2D eigenvalue weighted by Gasteiger charge is 2.34. The largest absolute Gasteiger partial charge is 0.497 e. The minimum atomic E-state index is -1.14. The molecule has 2 bridgehead atoms. The summed E-state index contributed by atoms with van der Waals surface area (Å²) in [6.45, 7) is 6.13. The van der Waals surface area contributed by atoms with Crippen molar-refractivity contribution in [3.05, 3.63) is 89.5 Å². The molecule has 0 aromatic heterocycles. The van der Waals surface area contributed by atoms with Gasteiger partial charge < -0.3 is 40.4 Å². The first-order chi connectivity index (χ1) is 26.4. The van der Waals surface area contributed by atoms with E-state index in [1.807, 2.05) is 12.1 Å². The van der Waals surface area contributed by atoms with Crippen LogP contribution in [-0.4, -0.2) is 92.5 Å². The molecule has 6 rings (SSSR count). The van der Waals surface area contributed by atoms with Crippen molar-refractivity contribution in [2.45, 2.75) is 77.0 Å². The minimum Gasteiger partial charge on any atom is -0.497 e. The fourth-order valence-corrected chi connectivity index (χ4v) is 6.59.